The lowest BCUT2D eigenvalue weighted by Gasteiger charge is -1.99. The summed E-state index contributed by atoms with van der Waals surface area (Å²) in [5.74, 6) is 1.20. The third kappa shape index (κ3) is 1.85. The van der Waals surface area contributed by atoms with Crippen molar-refractivity contribution in [3.05, 3.63) is 35.5 Å². The highest BCUT2D eigenvalue weighted by Gasteiger charge is 2.03. The SMILES string of the molecule is Cc1nccc(-c2nccc(Cl)n2)n1. The average Bonchev–Trinajstić information content (AvgIpc) is 2.18. The predicted octanol–water partition coefficient (Wildman–Crippen LogP) is 1.90. The fourth-order valence-corrected chi connectivity index (χ4v) is 1.18. The summed E-state index contributed by atoms with van der Waals surface area (Å²) in [5, 5.41) is 0.409. The van der Waals surface area contributed by atoms with Crippen LogP contribution in [0.2, 0.25) is 5.15 Å². The molecule has 0 unspecified atom stereocenters. The van der Waals surface area contributed by atoms with Gasteiger partial charge in [0.2, 0.25) is 0 Å². The fourth-order valence-electron chi connectivity index (χ4n) is 1.04. The maximum Gasteiger partial charge on any atom is 0.179 e. The van der Waals surface area contributed by atoms with Crippen molar-refractivity contribution in [2.45, 2.75) is 6.92 Å². The summed E-state index contributed by atoms with van der Waals surface area (Å²) < 4.78 is 0. The van der Waals surface area contributed by atoms with Crippen LogP contribution in [0, 0.1) is 6.92 Å². The molecule has 70 valence electrons. The molecule has 0 spiro atoms. The molecule has 0 saturated carbocycles. The number of hydrogen-bond donors (Lipinski definition) is 0. The molecule has 5 heteroatoms. The molecule has 0 aliphatic rings. The van der Waals surface area contributed by atoms with Crippen molar-refractivity contribution in [1.29, 1.82) is 0 Å². The van der Waals surface area contributed by atoms with Gasteiger partial charge in [-0.1, -0.05) is 11.6 Å². The summed E-state index contributed by atoms with van der Waals surface area (Å²) in [6, 6.07) is 3.37. The van der Waals surface area contributed by atoms with E-state index in [1.165, 1.54) is 0 Å². The van der Waals surface area contributed by atoms with Crippen LogP contribution in [0.3, 0.4) is 0 Å². The van der Waals surface area contributed by atoms with E-state index in [0.29, 0.717) is 22.5 Å². The average molecular weight is 207 g/mol. The minimum Gasteiger partial charge on any atom is -0.242 e. The van der Waals surface area contributed by atoms with E-state index < -0.39 is 0 Å². The lowest BCUT2D eigenvalue weighted by Crippen LogP contribution is -1.94. The molecule has 0 aromatic carbocycles. The number of aromatic nitrogens is 4. The van der Waals surface area contributed by atoms with Crippen molar-refractivity contribution in [1.82, 2.24) is 19.9 Å². The molecule has 2 rings (SSSR count). The summed E-state index contributed by atoms with van der Waals surface area (Å²) in [7, 11) is 0. The van der Waals surface area contributed by atoms with Crippen molar-refractivity contribution in [2.24, 2.45) is 0 Å². The van der Waals surface area contributed by atoms with E-state index in [1.54, 1.807) is 24.5 Å². The molecule has 2 aromatic rings. The van der Waals surface area contributed by atoms with Crippen LogP contribution in [0.4, 0.5) is 0 Å². The largest absolute Gasteiger partial charge is 0.242 e. The van der Waals surface area contributed by atoms with Crippen molar-refractivity contribution in [3.8, 4) is 11.5 Å². The second kappa shape index (κ2) is 3.67. The van der Waals surface area contributed by atoms with Gasteiger partial charge in [0.25, 0.3) is 0 Å². The maximum atomic E-state index is 5.74. The second-order valence-electron chi connectivity index (χ2n) is 2.69. The Morgan fingerprint density at radius 3 is 2.57 bits per heavy atom. The number of nitrogens with zero attached hydrogens (tertiary/aromatic N) is 4. The van der Waals surface area contributed by atoms with Crippen molar-refractivity contribution in [2.75, 3.05) is 0 Å². The van der Waals surface area contributed by atoms with E-state index in [2.05, 4.69) is 19.9 Å². The zero-order valence-corrected chi connectivity index (χ0v) is 8.23. The Hall–Kier alpha value is -1.55. The number of aryl methyl sites for hydroxylation is 1. The first-order chi connectivity index (χ1) is 6.75. The van der Waals surface area contributed by atoms with Crippen molar-refractivity contribution >= 4 is 11.6 Å². The highest BCUT2D eigenvalue weighted by atomic mass is 35.5. The first-order valence-electron chi connectivity index (χ1n) is 4.04. The Morgan fingerprint density at radius 2 is 1.86 bits per heavy atom. The normalized spacial score (nSPS) is 10.1. The van der Waals surface area contributed by atoms with Crippen LogP contribution in [0.1, 0.15) is 5.82 Å². The van der Waals surface area contributed by atoms with Crippen molar-refractivity contribution in [3.63, 3.8) is 0 Å². The van der Waals surface area contributed by atoms with Gasteiger partial charge in [-0.05, 0) is 19.1 Å². The number of rotatable bonds is 1. The Bertz CT molecular complexity index is 415. The van der Waals surface area contributed by atoms with Gasteiger partial charge in [-0.15, -0.1) is 0 Å². The lowest BCUT2D eigenvalue weighted by atomic mass is 10.3. The van der Waals surface area contributed by atoms with E-state index in [0.717, 1.165) is 0 Å². The van der Waals surface area contributed by atoms with Crippen LogP contribution in [0.15, 0.2) is 24.5 Å². The first-order valence-corrected chi connectivity index (χ1v) is 4.42. The summed E-state index contributed by atoms with van der Waals surface area (Å²) in [6.07, 6.45) is 3.27. The van der Waals surface area contributed by atoms with Gasteiger partial charge in [0, 0.05) is 12.4 Å². The molecule has 0 radical (unpaired) electrons. The fraction of sp³-hybridized carbons (Fsp3) is 0.111. The minimum atomic E-state index is 0.409. The van der Waals surface area contributed by atoms with Crippen LogP contribution in [0.5, 0.6) is 0 Å². The number of halogens is 1. The third-order valence-corrected chi connectivity index (χ3v) is 1.84. The van der Waals surface area contributed by atoms with E-state index in [-0.39, 0.29) is 0 Å². The number of hydrogen-bond acceptors (Lipinski definition) is 4. The van der Waals surface area contributed by atoms with E-state index in [9.17, 15) is 0 Å². The van der Waals surface area contributed by atoms with Crippen LogP contribution >= 0.6 is 11.6 Å². The van der Waals surface area contributed by atoms with Crippen LogP contribution in [0.25, 0.3) is 11.5 Å². The van der Waals surface area contributed by atoms with E-state index >= 15 is 0 Å². The standard InChI is InChI=1S/C9H7ClN4/c1-6-11-4-2-7(13-6)9-12-5-3-8(10)14-9/h2-5H,1H3. The smallest absolute Gasteiger partial charge is 0.179 e. The molecule has 0 saturated heterocycles. The summed E-state index contributed by atoms with van der Waals surface area (Å²) in [5.41, 5.74) is 0.681. The van der Waals surface area contributed by atoms with Gasteiger partial charge in [0.05, 0.1) is 0 Å². The molecular formula is C9H7ClN4. The van der Waals surface area contributed by atoms with Crippen LogP contribution < -0.4 is 0 Å². The molecule has 0 atom stereocenters. The molecule has 0 N–H and O–H groups in total. The summed E-state index contributed by atoms with van der Waals surface area (Å²) in [6.45, 7) is 1.81. The molecule has 0 amide bonds. The van der Waals surface area contributed by atoms with Crippen LogP contribution in [-0.2, 0) is 0 Å². The molecule has 4 nitrogen and oxygen atoms in total. The molecule has 0 bridgehead atoms. The van der Waals surface area contributed by atoms with Gasteiger partial charge in [-0.2, -0.15) is 0 Å². The lowest BCUT2D eigenvalue weighted by molar-refractivity contribution is 1.03. The molecule has 2 heterocycles. The van der Waals surface area contributed by atoms with Gasteiger partial charge in [-0.3, -0.25) is 0 Å². The topological polar surface area (TPSA) is 51.6 Å². The van der Waals surface area contributed by atoms with Crippen LogP contribution in [-0.4, -0.2) is 19.9 Å². The molecular weight excluding hydrogens is 200 g/mol. The zero-order valence-electron chi connectivity index (χ0n) is 7.48. The maximum absolute atomic E-state index is 5.74. The van der Waals surface area contributed by atoms with Gasteiger partial charge >= 0.3 is 0 Å². The quantitative estimate of drug-likeness (QED) is 0.669. The predicted molar refractivity (Wildman–Crippen MR) is 52.8 cm³/mol. The van der Waals surface area contributed by atoms with Gasteiger partial charge in [0.15, 0.2) is 5.82 Å². The monoisotopic (exact) mass is 206 g/mol. The molecule has 0 aliphatic heterocycles. The molecule has 0 aliphatic carbocycles. The highest BCUT2D eigenvalue weighted by molar-refractivity contribution is 6.29. The zero-order chi connectivity index (χ0) is 9.97. The first kappa shape index (κ1) is 9.02. The van der Waals surface area contributed by atoms with Crippen molar-refractivity contribution < 1.29 is 0 Å². The Morgan fingerprint density at radius 1 is 1.07 bits per heavy atom. The summed E-state index contributed by atoms with van der Waals surface area (Å²) >= 11 is 5.74. The highest BCUT2D eigenvalue weighted by Crippen LogP contribution is 2.12. The van der Waals surface area contributed by atoms with Gasteiger partial charge in [0.1, 0.15) is 16.7 Å². The molecule has 2 aromatic heterocycles. The van der Waals surface area contributed by atoms with Gasteiger partial charge < -0.3 is 0 Å². The third-order valence-electron chi connectivity index (χ3n) is 1.63. The second-order valence-corrected chi connectivity index (χ2v) is 3.08. The summed E-state index contributed by atoms with van der Waals surface area (Å²) in [4.78, 5) is 16.3. The molecule has 0 fully saturated rings. The minimum absolute atomic E-state index is 0.409. The Kier molecular flexibility index (Phi) is 2.37. The van der Waals surface area contributed by atoms with E-state index in [4.69, 9.17) is 11.6 Å². The Balaban J connectivity index is 2.49. The molecule has 14 heavy (non-hydrogen) atoms. The Labute approximate surface area is 86.0 Å². The van der Waals surface area contributed by atoms with E-state index in [1.807, 2.05) is 6.92 Å². The van der Waals surface area contributed by atoms with Gasteiger partial charge in [-0.25, -0.2) is 19.9 Å².